The highest BCUT2D eigenvalue weighted by Crippen LogP contribution is 2.36. The van der Waals surface area contributed by atoms with Crippen LogP contribution in [0.4, 0.5) is 26.3 Å². The topological polar surface area (TPSA) is 20.2 Å². The largest absolute Gasteiger partial charge is 0.507 e. The van der Waals surface area contributed by atoms with Crippen LogP contribution in [0.3, 0.4) is 0 Å². The van der Waals surface area contributed by atoms with Gasteiger partial charge in [-0.2, -0.15) is 0 Å². The Balaban J connectivity index is 2.87. The van der Waals surface area contributed by atoms with E-state index < -0.39 is 51.8 Å². The highest BCUT2D eigenvalue weighted by atomic mass is 19.2. The van der Waals surface area contributed by atoms with Crippen molar-refractivity contribution >= 4 is 0 Å². The molecule has 0 aliphatic carbocycles. The fourth-order valence-corrected chi connectivity index (χ4v) is 1.55. The van der Waals surface area contributed by atoms with Crippen LogP contribution >= 0.6 is 0 Å². The number of aromatic hydroxyl groups is 1. The molecule has 0 aliphatic rings. The van der Waals surface area contributed by atoms with Gasteiger partial charge in [0.15, 0.2) is 23.3 Å². The van der Waals surface area contributed by atoms with Gasteiger partial charge in [-0.05, 0) is 18.2 Å². The van der Waals surface area contributed by atoms with Crippen LogP contribution < -0.4 is 0 Å². The summed E-state index contributed by atoms with van der Waals surface area (Å²) in [5.74, 6) is -12.8. The molecular formula is C12H4F6O. The van der Waals surface area contributed by atoms with Gasteiger partial charge in [0.05, 0.1) is 5.56 Å². The molecule has 0 saturated carbocycles. The number of phenolic OH excluding ortho intramolecular Hbond substituents is 1. The second-order valence-corrected chi connectivity index (χ2v) is 3.61. The molecule has 1 nitrogen and oxygen atoms in total. The molecule has 100 valence electrons. The highest BCUT2D eigenvalue weighted by Gasteiger charge is 2.28. The number of rotatable bonds is 1. The molecular weight excluding hydrogens is 274 g/mol. The first-order valence-corrected chi connectivity index (χ1v) is 4.85. The predicted octanol–water partition coefficient (Wildman–Crippen LogP) is 3.89. The van der Waals surface area contributed by atoms with Crippen LogP contribution in [0.5, 0.6) is 5.75 Å². The number of phenols is 1. The van der Waals surface area contributed by atoms with Crippen molar-refractivity contribution in [3.8, 4) is 16.9 Å². The zero-order chi connectivity index (χ0) is 14.3. The molecule has 7 heteroatoms. The molecule has 0 spiro atoms. The van der Waals surface area contributed by atoms with Gasteiger partial charge in [0.1, 0.15) is 11.6 Å². The molecule has 0 aliphatic heterocycles. The first-order chi connectivity index (χ1) is 8.84. The minimum atomic E-state index is -2.32. The Hall–Kier alpha value is -2.18. The van der Waals surface area contributed by atoms with E-state index in [0.29, 0.717) is 6.07 Å². The molecule has 0 unspecified atom stereocenters. The van der Waals surface area contributed by atoms with Crippen molar-refractivity contribution in [1.29, 1.82) is 0 Å². The first-order valence-electron chi connectivity index (χ1n) is 4.85. The second kappa shape index (κ2) is 4.49. The third-order valence-corrected chi connectivity index (χ3v) is 2.44. The highest BCUT2D eigenvalue weighted by molar-refractivity contribution is 5.71. The van der Waals surface area contributed by atoms with Gasteiger partial charge in [-0.1, -0.05) is 0 Å². The van der Waals surface area contributed by atoms with Crippen LogP contribution in [0, 0.1) is 34.9 Å². The van der Waals surface area contributed by atoms with Crippen molar-refractivity contribution in [3.63, 3.8) is 0 Å². The maximum absolute atomic E-state index is 13.4. The summed E-state index contributed by atoms with van der Waals surface area (Å²) in [6.45, 7) is 0. The van der Waals surface area contributed by atoms with E-state index in [-0.39, 0.29) is 0 Å². The molecule has 0 bridgehead atoms. The fourth-order valence-electron chi connectivity index (χ4n) is 1.55. The zero-order valence-corrected chi connectivity index (χ0v) is 8.95. The molecule has 0 saturated heterocycles. The molecule has 0 amide bonds. The lowest BCUT2D eigenvalue weighted by molar-refractivity contribution is 0.380. The van der Waals surface area contributed by atoms with Crippen LogP contribution in [-0.4, -0.2) is 5.11 Å². The van der Waals surface area contributed by atoms with Crippen molar-refractivity contribution < 1.29 is 31.4 Å². The van der Waals surface area contributed by atoms with E-state index in [0.717, 1.165) is 12.1 Å². The quantitative estimate of drug-likeness (QED) is 0.476. The third-order valence-electron chi connectivity index (χ3n) is 2.44. The summed E-state index contributed by atoms with van der Waals surface area (Å²) in [6, 6.07) is 1.97. The van der Waals surface area contributed by atoms with E-state index in [4.69, 9.17) is 0 Å². The van der Waals surface area contributed by atoms with Crippen LogP contribution in [0.2, 0.25) is 0 Å². The summed E-state index contributed by atoms with van der Waals surface area (Å²) in [7, 11) is 0. The summed E-state index contributed by atoms with van der Waals surface area (Å²) in [5.41, 5.74) is -2.21. The monoisotopic (exact) mass is 278 g/mol. The Kier molecular flexibility index (Phi) is 3.13. The number of hydrogen-bond acceptors (Lipinski definition) is 1. The lowest BCUT2D eigenvalue weighted by Crippen LogP contribution is -2.04. The van der Waals surface area contributed by atoms with Crippen LogP contribution in [0.1, 0.15) is 0 Å². The third kappa shape index (κ3) is 2.00. The molecule has 0 heterocycles. The molecule has 0 radical (unpaired) electrons. The Morgan fingerprint density at radius 2 is 1.16 bits per heavy atom. The summed E-state index contributed by atoms with van der Waals surface area (Å²) in [5, 5.41) is 9.35. The fraction of sp³-hybridized carbons (Fsp3) is 0. The second-order valence-electron chi connectivity index (χ2n) is 3.61. The molecule has 2 aromatic rings. The molecule has 2 aromatic carbocycles. The van der Waals surface area contributed by atoms with Crippen LogP contribution in [0.15, 0.2) is 18.2 Å². The van der Waals surface area contributed by atoms with Gasteiger partial charge in [0, 0.05) is 5.56 Å². The molecule has 2 rings (SSSR count). The van der Waals surface area contributed by atoms with Gasteiger partial charge in [-0.25, -0.2) is 26.3 Å². The van der Waals surface area contributed by atoms with Gasteiger partial charge in [0.2, 0.25) is 5.82 Å². The predicted molar refractivity (Wildman–Crippen MR) is 53.3 cm³/mol. The smallest absolute Gasteiger partial charge is 0.200 e. The zero-order valence-electron chi connectivity index (χ0n) is 8.95. The van der Waals surface area contributed by atoms with Crippen molar-refractivity contribution in [2.75, 3.05) is 0 Å². The molecule has 0 fully saturated rings. The first kappa shape index (κ1) is 13.3. The Labute approximate surface area is 102 Å². The summed E-state index contributed by atoms with van der Waals surface area (Å²) < 4.78 is 78.6. The number of halogens is 6. The molecule has 0 atom stereocenters. The lowest BCUT2D eigenvalue weighted by Gasteiger charge is -2.10. The van der Waals surface area contributed by atoms with E-state index in [1.165, 1.54) is 0 Å². The maximum Gasteiger partial charge on any atom is 0.200 e. The molecule has 0 aromatic heterocycles. The Morgan fingerprint density at radius 1 is 0.684 bits per heavy atom. The normalized spacial score (nSPS) is 10.8. The van der Waals surface area contributed by atoms with E-state index in [1.54, 1.807) is 0 Å². The minimum Gasteiger partial charge on any atom is -0.507 e. The van der Waals surface area contributed by atoms with Crippen LogP contribution in [0.25, 0.3) is 11.1 Å². The van der Waals surface area contributed by atoms with Crippen molar-refractivity contribution in [3.05, 3.63) is 53.1 Å². The van der Waals surface area contributed by atoms with Crippen molar-refractivity contribution in [2.45, 2.75) is 0 Å². The number of benzene rings is 2. The Bertz CT molecular complexity index is 639. The summed E-state index contributed by atoms with van der Waals surface area (Å²) in [4.78, 5) is 0. The van der Waals surface area contributed by atoms with Gasteiger partial charge in [0.25, 0.3) is 0 Å². The molecule has 19 heavy (non-hydrogen) atoms. The summed E-state index contributed by atoms with van der Waals surface area (Å²) >= 11 is 0. The average molecular weight is 278 g/mol. The van der Waals surface area contributed by atoms with Gasteiger partial charge in [-0.3, -0.25) is 0 Å². The SMILES string of the molecule is Oc1ccc(F)cc1-c1c(F)c(F)c(F)c(F)c1F. The van der Waals surface area contributed by atoms with E-state index in [2.05, 4.69) is 0 Å². The van der Waals surface area contributed by atoms with E-state index >= 15 is 0 Å². The summed E-state index contributed by atoms with van der Waals surface area (Å²) in [6.07, 6.45) is 0. The van der Waals surface area contributed by atoms with E-state index in [1.807, 2.05) is 0 Å². The minimum absolute atomic E-state index is 0.466. The van der Waals surface area contributed by atoms with Gasteiger partial charge >= 0.3 is 0 Å². The number of hydrogen-bond donors (Lipinski definition) is 1. The maximum atomic E-state index is 13.4. The standard InChI is InChI=1S/C12H4F6O/c13-4-1-2-6(19)5(3-4)7-8(14)10(16)12(18)11(17)9(7)15/h1-3,19H. The van der Waals surface area contributed by atoms with Crippen molar-refractivity contribution in [2.24, 2.45) is 0 Å². The Morgan fingerprint density at radius 3 is 1.68 bits per heavy atom. The van der Waals surface area contributed by atoms with Crippen molar-refractivity contribution in [1.82, 2.24) is 0 Å². The van der Waals surface area contributed by atoms with Gasteiger partial charge < -0.3 is 5.11 Å². The average Bonchev–Trinajstić information content (AvgIpc) is 2.38. The lowest BCUT2D eigenvalue weighted by atomic mass is 10.0. The van der Waals surface area contributed by atoms with Crippen LogP contribution in [-0.2, 0) is 0 Å². The van der Waals surface area contributed by atoms with E-state index in [9.17, 15) is 31.4 Å². The van der Waals surface area contributed by atoms with Gasteiger partial charge in [-0.15, -0.1) is 0 Å². The molecule has 1 N–H and O–H groups in total.